The summed E-state index contributed by atoms with van der Waals surface area (Å²) in [5, 5.41) is 11.5. The smallest absolute Gasteiger partial charge is 0.277 e. The molecule has 0 saturated carbocycles. The molecular formula is C22H22BrN3O2S. The van der Waals surface area contributed by atoms with Crippen molar-refractivity contribution in [1.29, 1.82) is 0 Å². The summed E-state index contributed by atoms with van der Waals surface area (Å²) in [6, 6.07) is 14.2. The quantitative estimate of drug-likeness (QED) is 0.490. The highest BCUT2D eigenvalue weighted by Crippen LogP contribution is 2.26. The Morgan fingerprint density at radius 3 is 2.83 bits per heavy atom. The van der Waals surface area contributed by atoms with Crippen molar-refractivity contribution in [2.75, 3.05) is 5.75 Å². The van der Waals surface area contributed by atoms with Crippen LogP contribution in [-0.2, 0) is 17.6 Å². The molecule has 0 bridgehead atoms. The molecule has 0 fully saturated rings. The van der Waals surface area contributed by atoms with Gasteiger partial charge in [-0.05, 0) is 67.5 Å². The van der Waals surface area contributed by atoms with E-state index in [-0.39, 0.29) is 17.7 Å². The average Bonchev–Trinajstić information content (AvgIpc) is 3.21. The van der Waals surface area contributed by atoms with E-state index in [0.717, 1.165) is 22.0 Å². The summed E-state index contributed by atoms with van der Waals surface area (Å²) < 4.78 is 6.61. The monoisotopic (exact) mass is 471 g/mol. The summed E-state index contributed by atoms with van der Waals surface area (Å²) in [4.78, 5) is 12.4. The maximum Gasteiger partial charge on any atom is 0.277 e. The third-order valence-corrected chi connectivity index (χ3v) is 6.37. The first kappa shape index (κ1) is 20.2. The topological polar surface area (TPSA) is 68.0 Å². The van der Waals surface area contributed by atoms with E-state index in [1.54, 1.807) is 0 Å². The Morgan fingerprint density at radius 2 is 2.00 bits per heavy atom. The fourth-order valence-corrected chi connectivity index (χ4v) is 4.50. The van der Waals surface area contributed by atoms with Crippen molar-refractivity contribution in [2.24, 2.45) is 0 Å². The zero-order valence-corrected chi connectivity index (χ0v) is 18.6. The molecule has 150 valence electrons. The largest absolute Gasteiger partial charge is 0.411 e. The summed E-state index contributed by atoms with van der Waals surface area (Å²) in [6.07, 6.45) is 4.82. The maximum absolute atomic E-state index is 12.4. The zero-order chi connectivity index (χ0) is 20.2. The molecule has 1 N–H and O–H groups in total. The lowest BCUT2D eigenvalue weighted by Crippen LogP contribution is -2.28. The molecule has 4 rings (SSSR count). The minimum absolute atomic E-state index is 0.0322. The van der Waals surface area contributed by atoms with Crippen LogP contribution >= 0.6 is 27.7 Å². The van der Waals surface area contributed by atoms with Crippen LogP contribution in [-0.4, -0.2) is 21.9 Å². The third kappa shape index (κ3) is 5.08. The predicted octanol–water partition coefficient (Wildman–Crippen LogP) is 5.35. The highest BCUT2D eigenvalue weighted by molar-refractivity contribution is 9.10. The molecule has 1 aliphatic rings. The van der Waals surface area contributed by atoms with E-state index in [0.29, 0.717) is 11.1 Å². The molecule has 2 aromatic carbocycles. The number of thioether (sulfide) groups is 1. The molecule has 7 heteroatoms. The van der Waals surface area contributed by atoms with E-state index in [9.17, 15) is 4.79 Å². The van der Waals surface area contributed by atoms with Crippen LogP contribution in [0.5, 0.6) is 0 Å². The van der Waals surface area contributed by atoms with Gasteiger partial charge >= 0.3 is 0 Å². The van der Waals surface area contributed by atoms with Crippen LogP contribution in [0.2, 0.25) is 0 Å². The minimum atomic E-state index is -0.0533. The van der Waals surface area contributed by atoms with E-state index in [2.05, 4.69) is 49.6 Å². The number of nitrogens with one attached hydrogen (secondary N) is 1. The summed E-state index contributed by atoms with van der Waals surface area (Å²) in [5.41, 5.74) is 4.87. The summed E-state index contributed by atoms with van der Waals surface area (Å²) in [6.45, 7) is 2.02. The molecule has 1 aliphatic carbocycles. The molecule has 0 unspecified atom stereocenters. The number of carbonyl (C=O) groups excluding carboxylic acids is 1. The van der Waals surface area contributed by atoms with E-state index in [4.69, 9.17) is 4.42 Å². The fraction of sp³-hybridized carbons (Fsp3) is 0.318. The van der Waals surface area contributed by atoms with E-state index >= 15 is 0 Å². The van der Waals surface area contributed by atoms with Gasteiger partial charge in [-0.2, -0.15) is 0 Å². The van der Waals surface area contributed by atoms with Crippen LogP contribution in [0, 0.1) is 0 Å². The standard InChI is InChI=1S/C22H22BrN3O2S/c1-14(16-10-9-15-5-2-3-6-17(15)11-16)24-20(27)13-29-22-26-25-21(28-22)18-7-4-8-19(23)12-18/h4,7-12,14H,2-3,5-6,13H2,1H3,(H,24,27)/t14-/m0/s1. The average molecular weight is 472 g/mol. The zero-order valence-electron chi connectivity index (χ0n) is 16.2. The molecule has 0 radical (unpaired) electrons. The van der Waals surface area contributed by atoms with Crippen molar-refractivity contribution in [3.8, 4) is 11.5 Å². The first-order valence-electron chi connectivity index (χ1n) is 9.72. The molecule has 0 saturated heterocycles. The molecule has 0 aliphatic heterocycles. The molecule has 3 aromatic rings. The normalized spacial score (nSPS) is 14.3. The van der Waals surface area contributed by atoms with Crippen LogP contribution in [0.15, 0.2) is 56.6 Å². The second-order valence-corrected chi connectivity index (χ2v) is 9.04. The van der Waals surface area contributed by atoms with Gasteiger partial charge in [0.25, 0.3) is 5.22 Å². The molecule has 29 heavy (non-hydrogen) atoms. The number of aromatic nitrogens is 2. The Bertz CT molecular complexity index is 1020. The van der Waals surface area contributed by atoms with Crippen molar-refractivity contribution in [3.63, 3.8) is 0 Å². The highest BCUT2D eigenvalue weighted by Gasteiger charge is 2.16. The van der Waals surface area contributed by atoms with Crippen molar-refractivity contribution in [2.45, 2.75) is 43.9 Å². The number of carbonyl (C=O) groups is 1. The summed E-state index contributed by atoms with van der Waals surface area (Å²) in [5.74, 6) is 0.620. The Balaban J connectivity index is 1.32. The number of hydrogen-bond donors (Lipinski definition) is 1. The van der Waals surface area contributed by atoms with Gasteiger partial charge in [0.1, 0.15) is 0 Å². The molecule has 0 spiro atoms. The first-order valence-corrected chi connectivity index (χ1v) is 11.5. The first-order chi connectivity index (χ1) is 14.1. The Morgan fingerprint density at radius 1 is 1.17 bits per heavy atom. The lowest BCUT2D eigenvalue weighted by atomic mass is 9.89. The summed E-state index contributed by atoms with van der Waals surface area (Å²) >= 11 is 4.67. The number of halogens is 1. The van der Waals surface area contributed by atoms with E-state index < -0.39 is 0 Å². The van der Waals surface area contributed by atoms with Crippen LogP contribution in [0.3, 0.4) is 0 Å². The fourth-order valence-electron chi connectivity index (χ4n) is 3.52. The van der Waals surface area contributed by atoms with Gasteiger partial charge < -0.3 is 9.73 Å². The molecule has 1 amide bonds. The van der Waals surface area contributed by atoms with Gasteiger partial charge in [0.05, 0.1) is 11.8 Å². The van der Waals surface area contributed by atoms with Gasteiger partial charge in [0, 0.05) is 10.0 Å². The number of rotatable bonds is 6. The van der Waals surface area contributed by atoms with Crippen molar-refractivity contribution < 1.29 is 9.21 Å². The van der Waals surface area contributed by atoms with Gasteiger partial charge in [-0.3, -0.25) is 4.79 Å². The molecule has 1 heterocycles. The maximum atomic E-state index is 12.4. The van der Waals surface area contributed by atoms with Crippen LogP contribution in [0.25, 0.3) is 11.5 Å². The lowest BCUT2D eigenvalue weighted by Gasteiger charge is -2.20. The number of fused-ring (bicyclic) bond motifs is 1. The molecule has 1 atom stereocenters. The van der Waals surface area contributed by atoms with Crippen LogP contribution in [0.1, 0.15) is 42.5 Å². The molecule has 5 nitrogen and oxygen atoms in total. The Labute approximate surface area is 182 Å². The van der Waals surface area contributed by atoms with E-state index in [1.165, 1.54) is 42.2 Å². The minimum Gasteiger partial charge on any atom is -0.411 e. The number of aryl methyl sites for hydroxylation is 2. The van der Waals surface area contributed by atoms with Crippen LogP contribution in [0.4, 0.5) is 0 Å². The van der Waals surface area contributed by atoms with Crippen molar-refractivity contribution in [1.82, 2.24) is 15.5 Å². The van der Waals surface area contributed by atoms with Gasteiger partial charge in [-0.1, -0.05) is 52.0 Å². The Hall–Kier alpha value is -2.12. The number of benzene rings is 2. The van der Waals surface area contributed by atoms with E-state index in [1.807, 2.05) is 31.2 Å². The SMILES string of the molecule is C[C@H](NC(=O)CSc1nnc(-c2cccc(Br)c2)o1)c1ccc2c(c1)CCCC2. The molecule has 1 aromatic heterocycles. The second-order valence-electron chi connectivity index (χ2n) is 7.20. The van der Waals surface area contributed by atoms with Crippen LogP contribution < -0.4 is 5.32 Å². The number of nitrogens with zero attached hydrogens (tertiary/aromatic N) is 2. The molecular weight excluding hydrogens is 450 g/mol. The predicted molar refractivity (Wildman–Crippen MR) is 118 cm³/mol. The van der Waals surface area contributed by atoms with Crippen molar-refractivity contribution in [3.05, 3.63) is 63.6 Å². The lowest BCUT2D eigenvalue weighted by molar-refractivity contribution is -0.119. The second kappa shape index (κ2) is 9.13. The van der Waals surface area contributed by atoms with Gasteiger partial charge in [-0.25, -0.2) is 0 Å². The summed E-state index contributed by atoms with van der Waals surface area (Å²) in [7, 11) is 0. The van der Waals surface area contributed by atoms with Gasteiger partial charge in [-0.15, -0.1) is 10.2 Å². The van der Waals surface area contributed by atoms with Gasteiger partial charge in [0.2, 0.25) is 11.8 Å². The van der Waals surface area contributed by atoms with Gasteiger partial charge in [0.15, 0.2) is 0 Å². The third-order valence-electron chi connectivity index (χ3n) is 5.05. The number of amides is 1. The van der Waals surface area contributed by atoms with Crippen molar-refractivity contribution >= 4 is 33.6 Å². The Kier molecular flexibility index (Phi) is 6.35. The number of hydrogen-bond acceptors (Lipinski definition) is 5. The highest BCUT2D eigenvalue weighted by atomic mass is 79.9.